The number of aliphatic hydroxyl groups is 1. The highest BCUT2D eigenvalue weighted by molar-refractivity contribution is 5.85. The first kappa shape index (κ1) is 15.1. The Balaban J connectivity index is 0.00000121. The fourth-order valence-electron chi connectivity index (χ4n) is 6.17. The average Bonchev–Trinajstić information content (AvgIpc) is 2.35. The summed E-state index contributed by atoms with van der Waals surface area (Å²) >= 11 is 0. The van der Waals surface area contributed by atoms with E-state index in [1.807, 2.05) is 0 Å². The highest BCUT2D eigenvalue weighted by Crippen LogP contribution is 2.57. The fourth-order valence-corrected chi connectivity index (χ4v) is 6.17. The van der Waals surface area contributed by atoms with Crippen molar-refractivity contribution in [3.63, 3.8) is 0 Å². The number of halogens is 1. The van der Waals surface area contributed by atoms with Crippen molar-refractivity contribution in [3.05, 3.63) is 0 Å². The molecular weight excluding hydrogens is 270 g/mol. The normalized spacial score (nSPS) is 47.2. The van der Waals surface area contributed by atoms with Crippen molar-refractivity contribution < 1.29 is 5.11 Å². The van der Waals surface area contributed by atoms with Crippen LogP contribution in [-0.2, 0) is 0 Å². The van der Waals surface area contributed by atoms with Crippen molar-refractivity contribution >= 4 is 12.4 Å². The zero-order valence-corrected chi connectivity index (χ0v) is 13.4. The summed E-state index contributed by atoms with van der Waals surface area (Å²) in [4.78, 5) is 0. The fraction of sp³-hybridized carbons (Fsp3) is 1.00. The Kier molecular flexibility index (Phi) is 4.11. The zero-order valence-electron chi connectivity index (χ0n) is 12.6. The van der Waals surface area contributed by atoms with E-state index in [1.165, 1.54) is 57.9 Å². The summed E-state index contributed by atoms with van der Waals surface area (Å²) in [6.07, 6.45) is 14.5. The molecule has 0 aromatic rings. The maximum atomic E-state index is 10.8. The van der Waals surface area contributed by atoms with Gasteiger partial charge in [-0.25, -0.2) is 0 Å². The van der Waals surface area contributed by atoms with Crippen molar-refractivity contribution in [2.75, 3.05) is 6.54 Å². The van der Waals surface area contributed by atoms with Crippen molar-refractivity contribution in [1.82, 2.24) is 5.32 Å². The minimum atomic E-state index is -0.302. The van der Waals surface area contributed by atoms with Crippen LogP contribution in [0.15, 0.2) is 0 Å². The summed E-state index contributed by atoms with van der Waals surface area (Å²) in [5, 5.41) is 14.7. The smallest absolute Gasteiger partial charge is 0.0670 e. The van der Waals surface area contributed by atoms with Crippen molar-refractivity contribution in [2.24, 2.45) is 17.8 Å². The van der Waals surface area contributed by atoms with Gasteiger partial charge in [0.1, 0.15) is 0 Å². The molecule has 4 bridgehead atoms. The second kappa shape index (κ2) is 5.44. The van der Waals surface area contributed by atoms with Gasteiger partial charge in [0.05, 0.1) is 5.60 Å². The van der Waals surface area contributed by atoms with Crippen LogP contribution in [0.1, 0.15) is 70.6 Å². The summed E-state index contributed by atoms with van der Waals surface area (Å²) in [6.45, 7) is 1.22. The zero-order chi connectivity index (χ0) is 12.9. The summed E-state index contributed by atoms with van der Waals surface area (Å²) < 4.78 is 0. The largest absolute Gasteiger partial charge is 0.390 e. The topological polar surface area (TPSA) is 32.3 Å². The van der Waals surface area contributed by atoms with E-state index in [1.54, 1.807) is 0 Å². The lowest BCUT2D eigenvalue weighted by Crippen LogP contribution is -2.65. The Labute approximate surface area is 129 Å². The van der Waals surface area contributed by atoms with E-state index in [9.17, 15) is 5.11 Å². The molecule has 0 saturated heterocycles. The Morgan fingerprint density at radius 1 is 0.950 bits per heavy atom. The molecular formula is C17H30ClNO. The molecule has 2 nitrogen and oxygen atoms in total. The summed E-state index contributed by atoms with van der Waals surface area (Å²) in [7, 11) is 0. The van der Waals surface area contributed by atoms with Crippen LogP contribution < -0.4 is 5.32 Å². The van der Waals surface area contributed by atoms with Crippen LogP contribution in [0.25, 0.3) is 0 Å². The van der Waals surface area contributed by atoms with Gasteiger partial charge in [0, 0.05) is 5.54 Å². The Morgan fingerprint density at radius 2 is 1.60 bits per heavy atom. The second-order valence-corrected chi connectivity index (χ2v) is 8.35. The molecule has 2 unspecified atom stereocenters. The molecule has 0 amide bonds. The maximum Gasteiger partial charge on any atom is 0.0670 e. The van der Waals surface area contributed by atoms with Gasteiger partial charge in [-0.2, -0.15) is 0 Å². The first-order chi connectivity index (χ1) is 9.15. The highest BCUT2D eigenvalue weighted by atomic mass is 35.5. The van der Waals surface area contributed by atoms with Gasteiger partial charge < -0.3 is 10.4 Å². The molecule has 5 fully saturated rings. The minimum Gasteiger partial charge on any atom is -0.390 e. The number of nitrogens with one attached hydrogen (secondary N) is 1. The molecule has 5 aliphatic carbocycles. The predicted molar refractivity (Wildman–Crippen MR) is 84.2 cm³/mol. The lowest BCUT2D eigenvalue weighted by molar-refractivity contribution is -0.143. The number of hydrogen-bond acceptors (Lipinski definition) is 2. The monoisotopic (exact) mass is 299 g/mol. The van der Waals surface area contributed by atoms with Crippen LogP contribution >= 0.6 is 12.4 Å². The van der Waals surface area contributed by atoms with Crippen LogP contribution in [0.5, 0.6) is 0 Å². The molecule has 2 atom stereocenters. The molecule has 0 heterocycles. The predicted octanol–water partition coefficient (Wildman–Crippen LogP) is 3.66. The van der Waals surface area contributed by atoms with E-state index >= 15 is 0 Å². The van der Waals surface area contributed by atoms with Gasteiger partial charge in [-0.3, -0.25) is 0 Å². The van der Waals surface area contributed by atoms with Crippen LogP contribution in [0.3, 0.4) is 0 Å². The van der Waals surface area contributed by atoms with Gasteiger partial charge >= 0.3 is 0 Å². The molecule has 3 heteroatoms. The van der Waals surface area contributed by atoms with Crippen LogP contribution in [0.4, 0.5) is 0 Å². The quantitative estimate of drug-likeness (QED) is 0.833. The van der Waals surface area contributed by atoms with Crippen LogP contribution in [-0.4, -0.2) is 22.8 Å². The van der Waals surface area contributed by atoms with E-state index < -0.39 is 0 Å². The van der Waals surface area contributed by atoms with Crippen molar-refractivity contribution in [3.8, 4) is 0 Å². The first-order valence-corrected chi connectivity index (χ1v) is 8.62. The van der Waals surface area contributed by atoms with E-state index in [-0.39, 0.29) is 18.0 Å². The van der Waals surface area contributed by atoms with Gasteiger partial charge in [0.2, 0.25) is 0 Å². The molecule has 2 N–H and O–H groups in total. The average molecular weight is 300 g/mol. The minimum absolute atomic E-state index is 0. The number of rotatable bonds is 3. The third kappa shape index (κ3) is 2.76. The van der Waals surface area contributed by atoms with Gasteiger partial charge in [0.15, 0.2) is 0 Å². The third-order valence-corrected chi connectivity index (χ3v) is 6.52. The second-order valence-electron chi connectivity index (χ2n) is 8.35. The van der Waals surface area contributed by atoms with Crippen molar-refractivity contribution in [1.29, 1.82) is 0 Å². The molecule has 20 heavy (non-hydrogen) atoms. The Bertz CT molecular complexity index is 339. The molecule has 0 aromatic heterocycles. The standard InChI is InChI=1S/C17H29NO.ClH/c19-17-9-14-6-15(10-17)8-16(7-14,12-17)18-11-13-4-2-1-3-5-13;/h13-15,18-19H,1-12H2;1H. The van der Waals surface area contributed by atoms with Gasteiger partial charge in [0.25, 0.3) is 0 Å². The number of hydrogen-bond donors (Lipinski definition) is 2. The molecule has 0 radical (unpaired) electrons. The van der Waals surface area contributed by atoms with E-state index in [4.69, 9.17) is 0 Å². The van der Waals surface area contributed by atoms with Crippen molar-refractivity contribution in [2.45, 2.75) is 81.8 Å². The molecule has 0 spiro atoms. The highest BCUT2D eigenvalue weighted by Gasteiger charge is 2.56. The maximum absolute atomic E-state index is 10.8. The SMILES string of the molecule is Cl.OC12CC3CC(C1)CC(NCC1CCCCC1)(C3)C2. The summed E-state index contributed by atoms with van der Waals surface area (Å²) in [6, 6.07) is 0. The van der Waals surface area contributed by atoms with Gasteiger partial charge in [-0.1, -0.05) is 19.3 Å². The molecule has 5 aliphatic rings. The third-order valence-electron chi connectivity index (χ3n) is 6.52. The summed E-state index contributed by atoms with van der Waals surface area (Å²) in [5.74, 6) is 2.53. The molecule has 5 saturated carbocycles. The lowest BCUT2D eigenvalue weighted by Gasteiger charge is -2.60. The summed E-state index contributed by atoms with van der Waals surface area (Å²) in [5.41, 5.74) is 0.0138. The Hall–Kier alpha value is 0.210. The van der Waals surface area contributed by atoms with E-state index in [0.717, 1.165) is 37.0 Å². The Morgan fingerprint density at radius 3 is 2.20 bits per heavy atom. The van der Waals surface area contributed by atoms with E-state index in [0.29, 0.717) is 5.54 Å². The van der Waals surface area contributed by atoms with Crippen LogP contribution in [0.2, 0.25) is 0 Å². The molecule has 116 valence electrons. The van der Waals surface area contributed by atoms with E-state index in [2.05, 4.69) is 5.32 Å². The molecule has 5 rings (SSSR count). The van der Waals surface area contributed by atoms with Gasteiger partial charge in [-0.15, -0.1) is 12.4 Å². The molecule has 0 aromatic carbocycles. The van der Waals surface area contributed by atoms with Gasteiger partial charge in [-0.05, 0) is 75.7 Å². The molecule has 0 aliphatic heterocycles. The van der Waals surface area contributed by atoms with Crippen LogP contribution in [0, 0.1) is 17.8 Å². The first-order valence-electron chi connectivity index (χ1n) is 8.62. The lowest BCUT2D eigenvalue weighted by atomic mass is 9.51.